The summed E-state index contributed by atoms with van der Waals surface area (Å²) in [5.74, 6) is 0. The first-order valence-corrected chi connectivity index (χ1v) is 2.42. The van der Waals surface area contributed by atoms with E-state index in [1.165, 1.54) is 12.2 Å². The molecule has 0 spiro atoms. The minimum absolute atomic E-state index is 0.535. The maximum absolute atomic E-state index is 7.31. The Morgan fingerprint density at radius 1 is 1.50 bits per heavy atom. The van der Waals surface area contributed by atoms with Crippen molar-refractivity contribution in [2.75, 3.05) is 0 Å². The molecule has 0 radical (unpaired) electrons. The molecule has 0 atom stereocenters. The summed E-state index contributed by atoms with van der Waals surface area (Å²) in [4.78, 5) is 0. The zero-order chi connectivity index (χ0) is 14.1. The minimum atomic E-state index is -3.09. The zero-order valence-electron chi connectivity index (χ0n) is 13.9. The van der Waals surface area contributed by atoms with Crippen LogP contribution in [0.2, 0.25) is 0 Å². The predicted octanol–water partition coefficient (Wildman–Crippen LogP) is 3.00. The van der Waals surface area contributed by atoms with Crippen LogP contribution in [0.25, 0.3) is 0 Å². The van der Waals surface area contributed by atoms with Crippen molar-refractivity contribution in [3.8, 4) is 0 Å². The highest BCUT2D eigenvalue weighted by Gasteiger charge is 2.05. The normalized spacial score (nSPS) is 34.4. The van der Waals surface area contributed by atoms with E-state index in [2.05, 4.69) is 0 Å². The summed E-state index contributed by atoms with van der Waals surface area (Å²) in [6.45, 7) is -7.71. The molecule has 0 bridgehead atoms. The van der Waals surface area contributed by atoms with E-state index in [4.69, 9.17) is 12.3 Å². The van der Waals surface area contributed by atoms with Crippen LogP contribution in [-0.2, 0) is 0 Å². The van der Waals surface area contributed by atoms with Gasteiger partial charge >= 0.3 is 0 Å². The van der Waals surface area contributed by atoms with Crippen molar-refractivity contribution >= 4 is 0 Å². The lowest BCUT2D eigenvalue weighted by Crippen LogP contribution is -2.01. The van der Waals surface area contributed by atoms with Crippen LogP contribution >= 0.6 is 0 Å². The first kappa shape index (κ1) is 1.42. The first-order chi connectivity index (χ1) is 7.31. The molecule has 0 heterocycles. The van der Waals surface area contributed by atoms with E-state index < -0.39 is 32.4 Å². The summed E-state index contributed by atoms with van der Waals surface area (Å²) in [5.41, 5.74) is -2.72. The van der Waals surface area contributed by atoms with E-state index in [1.54, 1.807) is 6.92 Å². The van der Waals surface area contributed by atoms with Crippen LogP contribution in [0.5, 0.6) is 0 Å². The fraction of sp³-hybridized carbons (Fsp3) is 0.750. The Balaban J connectivity index is 5.92. The quantitative estimate of drug-likeness (QED) is 0.468. The molecule has 0 saturated heterocycles. The molecule has 0 amide bonds. The largest absolute Gasteiger partial charge is 0.0916 e. The number of hydrogen-bond donors (Lipinski definition) is 0. The molecule has 0 saturated carbocycles. The Hall–Kier alpha value is -0.260. The van der Waals surface area contributed by atoms with Gasteiger partial charge in [0.15, 0.2) is 0 Å². The van der Waals surface area contributed by atoms with E-state index in [0.29, 0.717) is 0 Å². The van der Waals surface area contributed by atoms with Crippen molar-refractivity contribution in [3.63, 3.8) is 0 Å². The van der Waals surface area contributed by atoms with E-state index in [-0.39, 0.29) is 0 Å². The standard InChI is InChI=1S/C8H16/c1-5-6-7-8(2,3)4/h5-6H,7H2,1-4H3/b6-5-/i2D3,3D3,4D3. The van der Waals surface area contributed by atoms with Crippen LogP contribution in [0.15, 0.2) is 12.2 Å². The zero-order valence-corrected chi connectivity index (χ0v) is 4.86. The van der Waals surface area contributed by atoms with Gasteiger partial charge in [0, 0.05) is 12.3 Å². The summed E-state index contributed by atoms with van der Waals surface area (Å²) in [7, 11) is 0. The number of allylic oxidation sites excluding steroid dienone is 2. The van der Waals surface area contributed by atoms with Crippen molar-refractivity contribution in [3.05, 3.63) is 12.2 Å². The van der Waals surface area contributed by atoms with E-state index >= 15 is 0 Å². The second-order valence-corrected chi connectivity index (χ2v) is 1.68. The van der Waals surface area contributed by atoms with Gasteiger partial charge in [-0.1, -0.05) is 32.7 Å². The monoisotopic (exact) mass is 121 g/mol. The molecule has 0 aliphatic heterocycles. The van der Waals surface area contributed by atoms with E-state index in [1.807, 2.05) is 0 Å². The minimum Gasteiger partial charge on any atom is -0.0916 e. The van der Waals surface area contributed by atoms with Gasteiger partial charge in [0.1, 0.15) is 0 Å². The van der Waals surface area contributed by atoms with Gasteiger partial charge in [0.25, 0.3) is 0 Å². The maximum atomic E-state index is 7.31. The van der Waals surface area contributed by atoms with Gasteiger partial charge in [-0.2, -0.15) is 0 Å². The second-order valence-electron chi connectivity index (χ2n) is 1.68. The Morgan fingerprint density at radius 2 is 2.12 bits per heavy atom. The lowest BCUT2D eigenvalue weighted by Gasteiger charge is -2.13. The van der Waals surface area contributed by atoms with Crippen LogP contribution in [0, 0.1) is 5.41 Å². The maximum Gasteiger partial charge on any atom is 0.0236 e. The van der Waals surface area contributed by atoms with Crippen molar-refractivity contribution in [2.24, 2.45) is 5.41 Å². The Bertz CT molecular complexity index is 241. The van der Waals surface area contributed by atoms with Gasteiger partial charge in [-0.3, -0.25) is 0 Å². The molecule has 0 aromatic carbocycles. The Morgan fingerprint density at radius 3 is 2.50 bits per heavy atom. The van der Waals surface area contributed by atoms with Crippen LogP contribution in [0.1, 0.15) is 46.2 Å². The van der Waals surface area contributed by atoms with Crippen molar-refractivity contribution < 1.29 is 12.3 Å². The third-order valence-corrected chi connectivity index (χ3v) is 0.660. The molecular formula is C8H16. The fourth-order valence-corrected chi connectivity index (χ4v) is 0.295. The highest BCUT2D eigenvalue weighted by atomic mass is 14.1. The highest BCUT2D eigenvalue weighted by molar-refractivity contribution is 4.82. The molecular weight excluding hydrogens is 96.1 g/mol. The average Bonchev–Trinajstić information content (AvgIpc) is 1.96. The fourth-order valence-electron chi connectivity index (χ4n) is 0.295. The van der Waals surface area contributed by atoms with Crippen LogP contribution in [0.4, 0.5) is 0 Å². The third-order valence-electron chi connectivity index (χ3n) is 0.660. The molecule has 0 unspecified atom stereocenters. The van der Waals surface area contributed by atoms with Crippen LogP contribution < -0.4 is 0 Å². The molecule has 0 aliphatic carbocycles. The van der Waals surface area contributed by atoms with E-state index in [0.717, 1.165) is 0 Å². The molecule has 0 aromatic heterocycles. The average molecular weight is 121 g/mol. The van der Waals surface area contributed by atoms with Gasteiger partial charge in [-0.05, 0) is 18.8 Å². The molecule has 0 nitrogen and oxygen atoms in total. The third kappa shape index (κ3) is 5.74. The summed E-state index contributed by atoms with van der Waals surface area (Å²) in [6.07, 6.45) is 2.18. The number of rotatable bonds is 1. The van der Waals surface area contributed by atoms with Gasteiger partial charge in [-0.15, -0.1) is 0 Å². The van der Waals surface area contributed by atoms with Crippen molar-refractivity contribution in [2.45, 2.75) is 33.9 Å². The molecule has 0 fully saturated rings. The SMILES string of the molecule is [2H]C([2H])([2H])C(C/C=C\C)(C([2H])([2H])[2H])C([2H])([2H])[2H]. The van der Waals surface area contributed by atoms with Gasteiger partial charge in [-0.25, -0.2) is 0 Å². The summed E-state index contributed by atoms with van der Waals surface area (Å²) >= 11 is 0. The van der Waals surface area contributed by atoms with Crippen molar-refractivity contribution in [1.29, 1.82) is 0 Å². The Labute approximate surface area is 65.2 Å². The summed E-state index contributed by atoms with van der Waals surface area (Å²) in [5, 5.41) is 0. The first-order valence-electron chi connectivity index (χ1n) is 6.92. The molecule has 0 N–H and O–H groups in total. The van der Waals surface area contributed by atoms with Gasteiger partial charge in [0.05, 0.1) is 0 Å². The lowest BCUT2D eigenvalue weighted by atomic mass is 9.92. The van der Waals surface area contributed by atoms with Crippen LogP contribution in [-0.4, -0.2) is 0 Å². The topological polar surface area (TPSA) is 0 Å². The predicted molar refractivity (Wildman–Crippen MR) is 38.9 cm³/mol. The molecule has 0 aliphatic rings. The van der Waals surface area contributed by atoms with Gasteiger partial charge in [0.2, 0.25) is 0 Å². The molecule has 0 rings (SSSR count). The summed E-state index contributed by atoms with van der Waals surface area (Å²) < 4.78 is 65.8. The summed E-state index contributed by atoms with van der Waals surface area (Å²) in [6, 6.07) is 0. The van der Waals surface area contributed by atoms with Crippen molar-refractivity contribution in [1.82, 2.24) is 0 Å². The Kier molecular flexibility index (Phi) is 0.516. The van der Waals surface area contributed by atoms with E-state index in [9.17, 15) is 0 Å². The molecule has 0 aromatic rings. The molecule has 48 valence electrons. The van der Waals surface area contributed by atoms with Gasteiger partial charge < -0.3 is 0 Å². The molecule has 0 heteroatoms. The number of hydrogen-bond acceptors (Lipinski definition) is 0. The molecule has 8 heavy (non-hydrogen) atoms. The lowest BCUT2D eigenvalue weighted by molar-refractivity contribution is 0.420. The van der Waals surface area contributed by atoms with Crippen LogP contribution in [0.3, 0.4) is 0 Å². The highest BCUT2D eigenvalue weighted by Crippen LogP contribution is 2.18. The smallest absolute Gasteiger partial charge is 0.0236 e. The second kappa shape index (κ2) is 2.91.